The van der Waals surface area contributed by atoms with Gasteiger partial charge in [-0.2, -0.15) is 0 Å². The number of carbonyl (C=O) groups excluding carboxylic acids is 1. The summed E-state index contributed by atoms with van der Waals surface area (Å²) in [5.41, 5.74) is 3.07. The van der Waals surface area contributed by atoms with Crippen LogP contribution >= 0.6 is 15.9 Å². The molecule has 0 spiro atoms. The molecular formula is C19H20BrN2O+. The Morgan fingerprint density at radius 1 is 1.04 bits per heavy atom. The fraction of sp³-hybridized carbons (Fsp3) is 0.316. The van der Waals surface area contributed by atoms with E-state index in [1.54, 1.807) is 4.90 Å². The lowest BCUT2D eigenvalue weighted by atomic mass is 9.72. The van der Waals surface area contributed by atoms with Crippen molar-refractivity contribution < 1.29 is 9.69 Å². The molecule has 1 amide bonds. The minimum absolute atomic E-state index is 0.147. The molecule has 2 aromatic rings. The molecule has 0 radical (unpaired) electrons. The van der Waals surface area contributed by atoms with Gasteiger partial charge in [-0.3, -0.25) is 4.79 Å². The van der Waals surface area contributed by atoms with Gasteiger partial charge in [0.15, 0.2) is 0 Å². The number of benzene rings is 2. The molecule has 5 rings (SSSR count). The number of piperidine rings is 1. The Labute approximate surface area is 144 Å². The summed E-state index contributed by atoms with van der Waals surface area (Å²) in [6.45, 7) is 3.19. The topological polar surface area (TPSA) is 33.5 Å². The van der Waals surface area contributed by atoms with Crippen molar-refractivity contribution in [1.29, 1.82) is 0 Å². The van der Waals surface area contributed by atoms with Crippen molar-refractivity contribution in [2.24, 2.45) is 0 Å². The Morgan fingerprint density at radius 3 is 2.48 bits per heavy atom. The number of carbonyl (C=O) groups is 1. The van der Waals surface area contributed by atoms with Crippen molar-refractivity contribution in [3.63, 3.8) is 0 Å². The van der Waals surface area contributed by atoms with Crippen LogP contribution in [0.1, 0.15) is 24.0 Å². The zero-order valence-electron chi connectivity index (χ0n) is 12.9. The van der Waals surface area contributed by atoms with Crippen molar-refractivity contribution in [1.82, 2.24) is 0 Å². The van der Waals surface area contributed by atoms with E-state index in [4.69, 9.17) is 0 Å². The Morgan fingerprint density at radius 2 is 1.74 bits per heavy atom. The van der Waals surface area contributed by atoms with E-state index >= 15 is 0 Å². The molecule has 23 heavy (non-hydrogen) atoms. The quantitative estimate of drug-likeness (QED) is 0.835. The van der Waals surface area contributed by atoms with E-state index in [9.17, 15) is 4.79 Å². The van der Waals surface area contributed by atoms with Gasteiger partial charge < -0.3 is 10.2 Å². The van der Waals surface area contributed by atoms with Crippen molar-refractivity contribution in [3.05, 3.63) is 64.1 Å². The van der Waals surface area contributed by atoms with E-state index in [2.05, 4.69) is 45.5 Å². The van der Waals surface area contributed by atoms with Crippen LogP contribution in [0.5, 0.6) is 0 Å². The van der Waals surface area contributed by atoms with E-state index < -0.39 is 0 Å². The second kappa shape index (κ2) is 5.77. The molecule has 0 atom stereocenters. The predicted octanol–water partition coefficient (Wildman–Crippen LogP) is 2.52. The van der Waals surface area contributed by atoms with Gasteiger partial charge in [0.2, 0.25) is 5.91 Å². The zero-order chi connectivity index (χ0) is 15.9. The summed E-state index contributed by atoms with van der Waals surface area (Å²) in [4.78, 5) is 14.8. The molecule has 3 aliphatic heterocycles. The lowest BCUT2D eigenvalue weighted by Crippen LogP contribution is -3.11. The summed E-state index contributed by atoms with van der Waals surface area (Å²) in [5.74, 6) is 0.147. The van der Waals surface area contributed by atoms with Crippen LogP contribution in [-0.2, 0) is 16.8 Å². The number of fused-ring (bicyclic) bond motifs is 2. The van der Waals surface area contributed by atoms with Crippen LogP contribution in [0.25, 0.3) is 0 Å². The molecule has 3 aliphatic rings. The molecule has 0 aromatic heterocycles. The van der Waals surface area contributed by atoms with Crippen LogP contribution in [0.3, 0.4) is 0 Å². The zero-order valence-corrected chi connectivity index (χ0v) is 14.5. The molecule has 2 bridgehead atoms. The largest absolute Gasteiger partial charge is 0.331 e. The first-order valence-corrected chi connectivity index (χ1v) is 8.96. The molecule has 1 fully saturated rings. The van der Waals surface area contributed by atoms with Crippen molar-refractivity contribution in [3.8, 4) is 0 Å². The minimum atomic E-state index is -0.371. The van der Waals surface area contributed by atoms with Crippen molar-refractivity contribution >= 4 is 27.5 Å². The summed E-state index contributed by atoms with van der Waals surface area (Å²) in [5, 5.41) is 3.15. The predicted molar refractivity (Wildman–Crippen MR) is 94.5 cm³/mol. The first kappa shape index (κ1) is 14.9. The summed E-state index contributed by atoms with van der Waals surface area (Å²) >= 11 is 3.44. The number of nitrogens with one attached hydrogen (secondary N) is 2. The van der Waals surface area contributed by atoms with Gasteiger partial charge in [0.1, 0.15) is 6.54 Å². The molecule has 4 heteroatoms. The van der Waals surface area contributed by atoms with Gasteiger partial charge in [-0.25, -0.2) is 0 Å². The van der Waals surface area contributed by atoms with Crippen LogP contribution < -0.4 is 10.2 Å². The van der Waals surface area contributed by atoms with Crippen LogP contribution in [0, 0.1) is 0 Å². The summed E-state index contributed by atoms with van der Waals surface area (Å²) < 4.78 is 1.02. The maximum atomic E-state index is 13.2. The van der Waals surface area contributed by atoms with Gasteiger partial charge in [0.25, 0.3) is 0 Å². The minimum Gasteiger partial charge on any atom is -0.331 e. The molecule has 2 aromatic carbocycles. The third-order valence-electron chi connectivity index (χ3n) is 5.32. The Kier molecular flexibility index (Phi) is 3.74. The lowest BCUT2D eigenvalue weighted by Gasteiger charge is -2.35. The Bertz CT molecular complexity index is 733. The maximum Gasteiger partial charge on any atom is 0.235 e. The SMILES string of the molecule is O=C(Nc1ccc(Br)cc1)C12CC[NH+](CC1)Cc1ccccc12. The Hall–Kier alpha value is -1.65. The average molecular weight is 372 g/mol. The summed E-state index contributed by atoms with van der Waals surface area (Å²) in [6.07, 6.45) is 1.86. The normalized spacial score (nSPS) is 25.5. The number of hydrogen-bond acceptors (Lipinski definition) is 1. The van der Waals surface area contributed by atoms with Gasteiger partial charge in [0.05, 0.1) is 18.5 Å². The average Bonchev–Trinajstić information content (AvgIpc) is 2.84. The first-order valence-electron chi connectivity index (χ1n) is 8.16. The highest BCUT2D eigenvalue weighted by molar-refractivity contribution is 9.10. The molecule has 3 nitrogen and oxygen atoms in total. The number of amides is 1. The van der Waals surface area contributed by atoms with E-state index in [0.717, 1.165) is 42.6 Å². The highest BCUT2D eigenvalue weighted by Crippen LogP contribution is 2.38. The van der Waals surface area contributed by atoms with E-state index in [1.165, 1.54) is 11.1 Å². The standard InChI is InChI=1S/C19H19BrN2O/c20-15-5-7-16(8-6-15)21-18(23)19-9-11-22(12-10-19)13-14-3-1-2-4-17(14)19/h1-8H,9-13H2,(H,21,23)/p+1. The summed E-state index contributed by atoms with van der Waals surface area (Å²) in [6, 6.07) is 16.3. The summed E-state index contributed by atoms with van der Waals surface area (Å²) in [7, 11) is 0. The number of quaternary nitrogens is 1. The van der Waals surface area contributed by atoms with Crippen LogP contribution in [0.4, 0.5) is 5.69 Å². The van der Waals surface area contributed by atoms with Crippen LogP contribution in [-0.4, -0.2) is 19.0 Å². The second-order valence-corrected chi connectivity index (χ2v) is 7.54. The van der Waals surface area contributed by atoms with Crippen LogP contribution in [0.15, 0.2) is 53.0 Å². The van der Waals surface area contributed by atoms with E-state index in [1.807, 2.05) is 24.3 Å². The highest BCUT2D eigenvalue weighted by Gasteiger charge is 2.48. The number of halogens is 1. The molecular weight excluding hydrogens is 352 g/mol. The van der Waals surface area contributed by atoms with E-state index in [-0.39, 0.29) is 11.3 Å². The number of hydrogen-bond donors (Lipinski definition) is 2. The van der Waals surface area contributed by atoms with Crippen LogP contribution in [0.2, 0.25) is 0 Å². The Balaban J connectivity index is 1.70. The molecule has 0 aliphatic carbocycles. The fourth-order valence-electron chi connectivity index (χ4n) is 4.02. The van der Waals surface area contributed by atoms with Crippen molar-refractivity contribution in [2.45, 2.75) is 24.8 Å². The molecule has 0 saturated carbocycles. The third-order valence-corrected chi connectivity index (χ3v) is 5.85. The third kappa shape index (κ3) is 2.60. The maximum absolute atomic E-state index is 13.2. The van der Waals surface area contributed by atoms with Gasteiger partial charge in [-0.05, 0) is 29.8 Å². The van der Waals surface area contributed by atoms with Gasteiger partial charge in [-0.1, -0.05) is 40.2 Å². The fourth-order valence-corrected chi connectivity index (χ4v) is 4.28. The number of anilines is 1. The molecule has 1 saturated heterocycles. The molecule has 118 valence electrons. The lowest BCUT2D eigenvalue weighted by molar-refractivity contribution is -0.918. The van der Waals surface area contributed by atoms with Crippen molar-refractivity contribution in [2.75, 3.05) is 18.4 Å². The molecule has 3 heterocycles. The first-order chi connectivity index (χ1) is 11.2. The monoisotopic (exact) mass is 371 g/mol. The van der Waals surface area contributed by atoms with E-state index in [0.29, 0.717) is 0 Å². The molecule has 0 unspecified atom stereocenters. The highest BCUT2D eigenvalue weighted by atomic mass is 79.9. The number of rotatable bonds is 2. The van der Waals surface area contributed by atoms with Gasteiger partial charge >= 0.3 is 0 Å². The van der Waals surface area contributed by atoms with Gasteiger partial charge in [0, 0.05) is 28.6 Å². The smallest absolute Gasteiger partial charge is 0.235 e. The molecule has 2 N–H and O–H groups in total. The second-order valence-electron chi connectivity index (χ2n) is 6.63. The van der Waals surface area contributed by atoms with Gasteiger partial charge in [-0.15, -0.1) is 0 Å².